The third-order valence-corrected chi connectivity index (χ3v) is 2.24. The summed E-state index contributed by atoms with van der Waals surface area (Å²) in [4.78, 5) is 11.4. The Hall–Kier alpha value is -1.37. The topological polar surface area (TPSA) is 29.1 Å². The van der Waals surface area contributed by atoms with E-state index in [0.29, 0.717) is 12.1 Å². The first-order valence-electron chi connectivity index (χ1n) is 4.73. The molecule has 0 unspecified atom stereocenters. The summed E-state index contributed by atoms with van der Waals surface area (Å²) < 4.78 is 13.1. The lowest BCUT2D eigenvalue weighted by atomic mass is 10.1. The van der Waals surface area contributed by atoms with E-state index in [2.05, 4.69) is 11.2 Å². The molecule has 0 aromatic heterocycles. The second-order valence-corrected chi connectivity index (χ2v) is 3.68. The third kappa shape index (κ3) is 4.01. The predicted molar refractivity (Wildman–Crippen MR) is 61.8 cm³/mol. The van der Waals surface area contributed by atoms with Crippen LogP contribution in [-0.2, 0) is 11.2 Å². The van der Waals surface area contributed by atoms with Gasteiger partial charge in [-0.2, -0.15) is 0 Å². The molecule has 0 aliphatic carbocycles. The zero-order valence-electron chi connectivity index (χ0n) is 8.59. The normalized spacial score (nSPS) is 9.81. The average Bonchev–Trinajstić information content (AvgIpc) is 2.24. The minimum Gasteiger partial charge on any atom is -0.299 e. The second kappa shape index (κ2) is 6.26. The molecule has 16 heavy (non-hydrogen) atoms. The smallest absolute Gasteiger partial charge is 0.150 e. The lowest BCUT2D eigenvalue weighted by Gasteiger charge is -2.02. The summed E-state index contributed by atoms with van der Waals surface area (Å²) in [7, 11) is 0. The van der Waals surface area contributed by atoms with Crippen LogP contribution in [0.2, 0.25) is 5.02 Å². The molecule has 1 aromatic carbocycles. The molecule has 2 nitrogen and oxygen atoms in total. The van der Waals surface area contributed by atoms with Gasteiger partial charge >= 0.3 is 0 Å². The Bertz CT molecular complexity index is 426. The van der Waals surface area contributed by atoms with Gasteiger partial charge in [-0.15, -0.1) is 6.42 Å². The zero-order chi connectivity index (χ0) is 12.0. The van der Waals surface area contributed by atoms with Crippen LogP contribution in [-0.4, -0.2) is 18.9 Å². The molecule has 0 amide bonds. The molecule has 1 aromatic rings. The molecule has 0 atom stereocenters. The van der Waals surface area contributed by atoms with Gasteiger partial charge in [-0.1, -0.05) is 23.6 Å². The number of carbonyl (C=O) groups is 1. The maximum atomic E-state index is 13.1. The molecule has 0 spiro atoms. The summed E-state index contributed by atoms with van der Waals surface area (Å²) in [5.41, 5.74) is 0.606. The van der Waals surface area contributed by atoms with Crippen LogP contribution in [0.1, 0.15) is 5.56 Å². The van der Waals surface area contributed by atoms with Crippen molar-refractivity contribution < 1.29 is 9.18 Å². The standard InChI is InChI=1S/C12H11ClFNO/c1-2-5-15-8-10(16)6-9-3-4-11(13)12(14)7-9/h1,3-4,7,15H,5-6,8H2. The lowest BCUT2D eigenvalue weighted by Crippen LogP contribution is -2.24. The molecule has 0 fully saturated rings. The van der Waals surface area contributed by atoms with Crippen LogP contribution in [0.4, 0.5) is 4.39 Å². The van der Waals surface area contributed by atoms with Gasteiger partial charge in [-0.3, -0.25) is 10.1 Å². The van der Waals surface area contributed by atoms with Gasteiger partial charge in [-0.25, -0.2) is 4.39 Å². The van der Waals surface area contributed by atoms with E-state index in [1.807, 2.05) is 0 Å². The van der Waals surface area contributed by atoms with Gasteiger partial charge in [0.15, 0.2) is 5.78 Å². The highest BCUT2D eigenvalue weighted by atomic mass is 35.5. The van der Waals surface area contributed by atoms with Crippen LogP contribution in [0.25, 0.3) is 0 Å². The van der Waals surface area contributed by atoms with Crippen LogP contribution in [0.15, 0.2) is 18.2 Å². The number of benzene rings is 1. The number of nitrogens with one attached hydrogen (secondary N) is 1. The molecule has 0 aliphatic rings. The van der Waals surface area contributed by atoms with Crippen molar-refractivity contribution in [2.24, 2.45) is 0 Å². The zero-order valence-corrected chi connectivity index (χ0v) is 9.35. The van der Waals surface area contributed by atoms with E-state index in [4.69, 9.17) is 18.0 Å². The molecule has 1 rings (SSSR count). The number of hydrogen-bond acceptors (Lipinski definition) is 2. The lowest BCUT2D eigenvalue weighted by molar-refractivity contribution is -0.117. The van der Waals surface area contributed by atoms with E-state index < -0.39 is 5.82 Å². The summed E-state index contributed by atoms with van der Waals surface area (Å²) in [5, 5.41) is 2.83. The molecule has 0 bridgehead atoms. The molecular formula is C12H11ClFNO. The largest absolute Gasteiger partial charge is 0.299 e. The predicted octanol–water partition coefficient (Wildman–Crippen LogP) is 1.81. The quantitative estimate of drug-likeness (QED) is 0.627. The Labute approximate surface area is 98.8 Å². The number of halogens is 2. The number of hydrogen-bond donors (Lipinski definition) is 1. The van der Waals surface area contributed by atoms with Gasteiger partial charge < -0.3 is 0 Å². The number of ketones is 1. The minimum absolute atomic E-state index is 0.0445. The molecule has 0 radical (unpaired) electrons. The highest BCUT2D eigenvalue weighted by molar-refractivity contribution is 6.30. The van der Waals surface area contributed by atoms with Gasteiger partial charge in [0.05, 0.1) is 18.1 Å². The highest BCUT2D eigenvalue weighted by Gasteiger charge is 2.05. The van der Waals surface area contributed by atoms with Crippen molar-refractivity contribution in [3.63, 3.8) is 0 Å². The van der Waals surface area contributed by atoms with Crippen molar-refractivity contribution in [2.45, 2.75) is 6.42 Å². The first-order valence-corrected chi connectivity index (χ1v) is 5.11. The summed E-state index contributed by atoms with van der Waals surface area (Å²) >= 11 is 5.53. The van der Waals surface area contributed by atoms with E-state index in [0.717, 1.165) is 0 Å². The van der Waals surface area contributed by atoms with Crippen LogP contribution in [0.3, 0.4) is 0 Å². The van der Waals surface area contributed by atoms with Gasteiger partial charge in [-0.05, 0) is 17.7 Å². The molecule has 1 N–H and O–H groups in total. The van der Waals surface area contributed by atoms with Crippen LogP contribution < -0.4 is 5.32 Å². The van der Waals surface area contributed by atoms with E-state index in [9.17, 15) is 9.18 Å². The summed E-state index contributed by atoms with van der Waals surface area (Å²) in [6.45, 7) is 0.537. The van der Waals surface area contributed by atoms with Crippen LogP contribution in [0.5, 0.6) is 0 Å². The van der Waals surface area contributed by atoms with Crippen LogP contribution >= 0.6 is 11.6 Å². The Morgan fingerprint density at radius 2 is 2.31 bits per heavy atom. The maximum absolute atomic E-state index is 13.1. The van der Waals surface area contributed by atoms with Crippen molar-refractivity contribution in [3.8, 4) is 12.3 Å². The molecule has 0 saturated carbocycles. The fourth-order valence-electron chi connectivity index (χ4n) is 1.21. The van der Waals surface area contributed by atoms with Crippen molar-refractivity contribution in [2.75, 3.05) is 13.1 Å². The van der Waals surface area contributed by atoms with Gasteiger partial charge in [0.2, 0.25) is 0 Å². The Balaban J connectivity index is 2.50. The number of carbonyl (C=O) groups excluding carboxylic acids is 1. The Morgan fingerprint density at radius 3 is 2.94 bits per heavy atom. The first-order chi connectivity index (χ1) is 7.63. The minimum atomic E-state index is -0.511. The van der Waals surface area contributed by atoms with Crippen molar-refractivity contribution in [1.29, 1.82) is 0 Å². The first kappa shape index (κ1) is 12.7. The highest BCUT2D eigenvalue weighted by Crippen LogP contribution is 2.15. The monoisotopic (exact) mass is 239 g/mol. The maximum Gasteiger partial charge on any atom is 0.150 e. The fourth-order valence-corrected chi connectivity index (χ4v) is 1.33. The van der Waals surface area contributed by atoms with E-state index in [1.165, 1.54) is 12.1 Å². The van der Waals surface area contributed by atoms with E-state index in [1.54, 1.807) is 6.07 Å². The summed E-state index contributed by atoms with van der Waals surface area (Å²) in [6.07, 6.45) is 5.19. The Kier molecular flexibility index (Phi) is 4.97. The number of Topliss-reactive ketones (excluding diaryl/α,β-unsaturated/α-hetero) is 1. The number of terminal acetylenes is 1. The third-order valence-electron chi connectivity index (χ3n) is 1.93. The van der Waals surface area contributed by atoms with E-state index >= 15 is 0 Å². The summed E-state index contributed by atoms with van der Waals surface area (Å²) in [6, 6.07) is 4.33. The van der Waals surface area contributed by atoms with Crippen molar-refractivity contribution in [1.82, 2.24) is 5.32 Å². The van der Waals surface area contributed by atoms with Crippen molar-refractivity contribution in [3.05, 3.63) is 34.6 Å². The second-order valence-electron chi connectivity index (χ2n) is 3.27. The molecule has 0 aliphatic heterocycles. The molecule has 84 valence electrons. The van der Waals surface area contributed by atoms with Crippen molar-refractivity contribution >= 4 is 17.4 Å². The van der Waals surface area contributed by atoms with E-state index in [-0.39, 0.29) is 23.8 Å². The molecule has 0 saturated heterocycles. The van der Waals surface area contributed by atoms with Gasteiger partial charge in [0.1, 0.15) is 5.82 Å². The average molecular weight is 240 g/mol. The molecule has 0 heterocycles. The Morgan fingerprint density at radius 1 is 1.56 bits per heavy atom. The molecular weight excluding hydrogens is 229 g/mol. The van der Waals surface area contributed by atoms with Gasteiger partial charge in [0.25, 0.3) is 0 Å². The SMILES string of the molecule is C#CCNCC(=O)Cc1ccc(Cl)c(F)c1. The summed E-state index contributed by atoms with van der Waals surface area (Å²) in [5.74, 6) is 1.81. The molecule has 4 heteroatoms. The van der Waals surface area contributed by atoms with Crippen LogP contribution in [0, 0.1) is 18.2 Å². The number of rotatable bonds is 5. The van der Waals surface area contributed by atoms with Gasteiger partial charge in [0, 0.05) is 6.42 Å². The fraction of sp³-hybridized carbons (Fsp3) is 0.250.